The van der Waals surface area contributed by atoms with Crippen molar-refractivity contribution in [3.05, 3.63) is 0 Å². The summed E-state index contributed by atoms with van der Waals surface area (Å²) < 4.78 is 0. The Balaban J connectivity index is 1.45. The molecule has 3 N–H and O–H groups in total. The van der Waals surface area contributed by atoms with Gasteiger partial charge in [-0.3, -0.25) is 19.4 Å². The Hall–Kier alpha value is -1.18. The van der Waals surface area contributed by atoms with Crippen LogP contribution in [0.15, 0.2) is 0 Å². The molecule has 7 nitrogen and oxygen atoms in total. The molecule has 0 bridgehead atoms. The van der Waals surface area contributed by atoms with Gasteiger partial charge in [-0.05, 0) is 58.0 Å². The third-order valence-electron chi connectivity index (χ3n) is 6.79. The number of aliphatic carboxylic acids is 1. The van der Waals surface area contributed by atoms with Gasteiger partial charge in [0.05, 0.1) is 0 Å². The maximum absolute atomic E-state index is 11.0. The lowest BCUT2D eigenvalue weighted by Gasteiger charge is -2.47. The fourth-order valence-corrected chi connectivity index (χ4v) is 5.10. The third-order valence-corrected chi connectivity index (χ3v) is 6.79. The number of hydrogen-bond acceptors (Lipinski definition) is 5. The molecule has 1 amide bonds. The Morgan fingerprint density at radius 2 is 1.58 bits per heavy atom. The van der Waals surface area contributed by atoms with Gasteiger partial charge in [-0.15, -0.1) is 0 Å². The van der Waals surface area contributed by atoms with Crippen LogP contribution in [0.4, 0.5) is 0 Å². The number of amides is 1. The molecule has 0 aromatic heterocycles. The van der Waals surface area contributed by atoms with E-state index in [1.807, 2.05) is 0 Å². The molecular weight excluding hydrogens is 332 g/mol. The van der Waals surface area contributed by atoms with Gasteiger partial charge in [-0.1, -0.05) is 0 Å². The van der Waals surface area contributed by atoms with Crippen LogP contribution >= 0.6 is 0 Å². The summed E-state index contributed by atoms with van der Waals surface area (Å²) in [5.74, 6) is -0.784. The zero-order chi connectivity index (χ0) is 18.4. The van der Waals surface area contributed by atoms with Crippen LogP contribution in [0.3, 0.4) is 0 Å². The molecule has 3 rings (SSSR count). The lowest BCUT2D eigenvalue weighted by Crippen LogP contribution is -2.57. The van der Waals surface area contributed by atoms with E-state index in [4.69, 9.17) is 5.11 Å². The van der Waals surface area contributed by atoms with E-state index < -0.39 is 5.97 Å². The van der Waals surface area contributed by atoms with Crippen LogP contribution < -0.4 is 10.6 Å². The van der Waals surface area contributed by atoms with Crippen molar-refractivity contribution < 1.29 is 14.7 Å². The zero-order valence-electron chi connectivity index (χ0n) is 15.8. The van der Waals surface area contributed by atoms with E-state index in [-0.39, 0.29) is 12.0 Å². The van der Waals surface area contributed by atoms with Gasteiger partial charge in [0, 0.05) is 50.2 Å². The summed E-state index contributed by atoms with van der Waals surface area (Å²) in [6, 6.07) is 1.33. The standard InChI is InChI=1S/C19H34N4O3/c24-15-21-19(8-3-18(25)26)6-1-16(2-7-19)22-11-13-23(14-12-22)17-4-9-20-10-5-17/h15-17,20H,1-14H2,(H,21,24)(H,25,26)/t16-,19+. The summed E-state index contributed by atoms with van der Waals surface area (Å²) in [7, 11) is 0. The Bertz CT molecular complexity index is 465. The van der Waals surface area contributed by atoms with Gasteiger partial charge in [0.25, 0.3) is 0 Å². The maximum Gasteiger partial charge on any atom is 0.303 e. The van der Waals surface area contributed by atoms with Crippen molar-refractivity contribution in [3.63, 3.8) is 0 Å². The predicted molar refractivity (Wildman–Crippen MR) is 100 cm³/mol. The molecule has 3 fully saturated rings. The molecule has 2 aliphatic heterocycles. The second-order valence-electron chi connectivity index (χ2n) is 8.22. The molecule has 0 unspecified atom stereocenters. The molecular formula is C19H34N4O3. The quantitative estimate of drug-likeness (QED) is 0.574. The summed E-state index contributed by atoms with van der Waals surface area (Å²) in [5, 5.41) is 15.4. The van der Waals surface area contributed by atoms with E-state index in [2.05, 4.69) is 20.4 Å². The lowest BCUT2D eigenvalue weighted by molar-refractivity contribution is -0.137. The van der Waals surface area contributed by atoms with E-state index in [0.717, 1.165) is 77.4 Å². The van der Waals surface area contributed by atoms with Crippen LogP contribution in [0.25, 0.3) is 0 Å². The minimum absolute atomic E-state index is 0.125. The topological polar surface area (TPSA) is 84.9 Å². The molecule has 1 saturated carbocycles. The summed E-state index contributed by atoms with van der Waals surface area (Å²) in [6.45, 7) is 6.90. The summed E-state index contributed by atoms with van der Waals surface area (Å²) in [5.41, 5.74) is -0.312. The van der Waals surface area contributed by atoms with Gasteiger partial charge in [-0.25, -0.2) is 0 Å². The van der Waals surface area contributed by atoms with E-state index in [9.17, 15) is 9.59 Å². The van der Waals surface area contributed by atoms with Crippen molar-refractivity contribution in [3.8, 4) is 0 Å². The fourth-order valence-electron chi connectivity index (χ4n) is 5.10. The SMILES string of the molecule is O=CN[C@]1(CCC(=O)O)CC[C@H](N2CCN(C3CCNCC3)CC2)CC1. The second-order valence-corrected chi connectivity index (χ2v) is 8.22. The number of piperazine rings is 1. The summed E-state index contributed by atoms with van der Waals surface area (Å²) >= 11 is 0. The normalized spacial score (nSPS) is 32.2. The predicted octanol–water partition coefficient (Wildman–Crippen LogP) is 0.648. The minimum atomic E-state index is -0.784. The first-order valence-electron chi connectivity index (χ1n) is 10.2. The first-order valence-corrected chi connectivity index (χ1v) is 10.2. The molecule has 7 heteroatoms. The Labute approximate surface area is 156 Å². The number of carbonyl (C=O) groups excluding carboxylic acids is 1. The van der Waals surface area contributed by atoms with Crippen molar-refractivity contribution in [2.75, 3.05) is 39.3 Å². The number of carboxylic acid groups (broad SMARTS) is 1. The molecule has 1 aliphatic carbocycles. The molecule has 2 saturated heterocycles. The largest absolute Gasteiger partial charge is 0.481 e. The first kappa shape index (κ1) is 19.6. The number of carboxylic acids is 1. The molecule has 0 aromatic rings. The van der Waals surface area contributed by atoms with Gasteiger partial charge >= 0.3 is 5.97 Å². The van der Waals surface area contributed by atoms with Crippen LogP contribution in [0, 0.1) is 0 Å². The monoisotopic (exact) mass is 366 g/mol. The molecule has 0 aromatic carbocycles. The second kappa shape index (κ2) is 9.15. The molecule has 3 aliphatic rings. The van der Waals surface area contributed by atoms with Crippen LogP contribution in [-0.4, -0.2) is 84.2 Å². The average Bonchev–Trinajstić information content (AvgIpc) is 2.68. The zero-order valence-corrected chi connectivity index (χ0v) is 15.8. The average molecular weight is 367 g/mol. The van der Waals surface area contributed by atoms with Crippen LogP contribution in [0.2, 0.25) is 0 Å². The highest BCUT2D eigenvalue weighted by Gasteiger charge is 2.38. The molecule has 0 radical (unpaired) electrons. The molecule has 0 spiro atoms. The minimum Gasteiger partial charge on any atom is -0.481 e. The van der Waals surface area contributed by atoms with Crippen LogP contribution in [0.1, 0.15) is 51.4 Å². The highest BCUT2D eigenvalue weighted by atomic mass is 16.4. The first-order chi connectivity index (χ1) is 12.6. The van der Waals surface area contributed by atoms with Crippen LogP contribution in [0.5, 0.6) is 0 Å². The smallest absolute Gasteiger partial charge is 0.303 e. The van der Waals surface area contributed by atoms with Crippen molar-refractivity contribution in [2.24, 2.45) is 0 Å². The number of piperidine rings is 1. The van der Waals surface area contributed by atoms with Gasteiger partial charge < -0.3 is 15.7 Å². The van der Waals surface area contributed by atoms with Gasteiger partial charge in [0.15, 0.2) is 0 Å². The number of nitrogens with zero attached hydrogens (tertiary/aromatic N) is 2. The van der Waals surface area contributed by atoms with E-state index >= 15 is 0 Å². The fraction of sp³-hybridized carbons (Fsp3) is 0.895. The number of hydrogen-bond donors (Lipinski definition) is 3. The Kier molecular flexibility index (Phi) is 6.89. The van der Waals surface area contributed by atoms with E-state index in [1.165, 1.54) is 12.8 Å². The van der Waals surface area contributed by atoms with Crippen molar-refractivity contribution >= 4 is 12.4 Å². The van der Waals surface area contributed by atoms with Gasteiger partial charge in [0.2, 0.25) is 6.41 Å². The summed E-state index contributed by atoms with van der Waals surface area (Å²) in [6.07, 6.45) is 7.83. The lowest BCUT2D eigenvalue weighted by atomic mass is 9.76. The van der Waals surface area contributed by atoms with Crippen molar-refractivity contribution in [1.29, 1.82) is 0 Å². The highest BCUT2D eigenvalue weighted by Crippen LogP contribution is 2.34. The molecule has 2 heterocycles. The van der Waals surface area contributed by atoms with Gasteiger partial charge in [0.1, 0.15) is 0 Å². The number of carbonyl (C=O) groups is 2. The molecule has 0 atom stereocenters. The Morgan fingerprint density at radius 3 is 2.08 bits per heavy atom. The van der Waals surface area contributed by atoms with E-state index in [0.29, 0.717) is 12.5 Å². The van der Waals surface area contributed by atoms with Crippen LogP contribution in [-0.2, 0) is 9.59 Å². The molecule has 148 valence electrons. The summed E-state index contributed by atoms with van der Waals surface area (Å²) in [4.78, 5) is 27.2. The molecule has 26 heavy (non-hydrogen) atoms. The van der Waals surface area contributed by atoms with Crippen molar-refractivity contribution in [2.45, 2.75) is 69.0 Å². The van der Waals surface area contributed by atoms with Crippen molar-refractivity contribution in [1.82, 2.24) is 20.4 Å². The van der Waals surface area contributed by atoms with Gasteiger partial charge in [-0.2, -0.15) is 0 Å². The number of nitrogens with one attached hydrogen (secondary N) is 2. The third kappa shape index (κ3) is 4.96. The van der Waals surface area contributed by atoms with E-state index in [1.54, 1.807) is 0 Å². The highest BCUT2D eigenvalue weighted by molar-refractivity contribution is 5.67. The maximum atomic E-state index is 11.0. The Morgan fingerprint density at radius 1 is 1.04 bits per heavy atom. The number of rotatable bonds is 7.